The Morgan fingerprint density at radius 1 is 1.29 bits per heavy atom. The van der Waals surface area contributed by atoms with E-state index < -0.39 is 0 Å². The van der Waals surface area contributed by atoms with Crippen molar-refractivity contribution in [2.45, 2.75) is 52.0 Å². The second-order valence-electron chi connectivity index (χ2n) is 4.44. The number of carbonyl (C=O) groups excluding carboxylic acids is 1. The summed E-state index contributed by atoms with van der Waals surface area (Å²) in [4.78, 5) is 11.8. The molecule has 1 saturated carbocycles. The van der Waals surface area contributed by atoms with Gasteiger partial charge in [-0.05, 0) is 26.7 Å². The zero-order valence-corrected chi connectivity index (χ0v) is 8.99. The van der Waals surface area contributed by atoms with Gasteiger partial charge in [-0.25, -0.2) is 5.01 Å². The van der Waals surface area contributed by atoms with E-state index in [1.165, 1.54) is 19.3 Å². The van der Waals surface area contributed by atoms with Crippen molar-refractivity contribution in [3.05, 3.63) is 0 Å². The van der Waals surface area contributed by atoms with Gasteiger partial charge >= 0.3 is 0 Å². The number of hydrazone groups is 1. The highest BCUT2D eigenvalue weighted by Gasteiger charge is 2.34. The lowest BCUT2D eigenvalue weighted by Crippen LogP contribution is -2.36. The molecule has 3 nitrogen and oxygen atoms in total. The molecule has 3 heteroatoms. The maximum absolute atomic E-state index is 11.8. The number of amides is 1. The molecule has 1 amide bonds. The highest BCUT2D eigenvalue weighted by atomic mass is 16.2. The number of nitrogens with zero attached hydrogens (tertiary/aromatic N) is 2. The van der Waals surface area contributed by atoms with Crippen LogP contribution in [0.3, 0.4) is 0 Å². The van der Waals surface area contributed by atoms with Crippen LogP contribution in [0.4, 0.5) is 0 Å². The van der Waals surface area contributed by atoms with Crippen LogP contribution < -0.4 is 0 Å². The molecule has 1 unspecified atom stereocenters. The summed E-state index contributed by atoms with van der Waals surface area (Å²) in [7, 11) is 0. The van der Waals surface area contributed by atoms with Crippen molar-refractivity contribution in [1.29, 1.82) is 0 Å². The summed E-state index contributed by atoms with van der Waals surface area (Å²) in [5, 5.41) is 6.12. The van der Waals surface area contributed by atoms with Crippen LogP contribution in [0.15, 0.2) is 5.10 Å². The van der Waals surface area contributed by atoms with Crippen LogP contribution in [0.25, 0.3) is 0 Å². The molecule has 1 aliphatic carbocycles. The van der Waals surface area contributed by atoms with E-state index in [4.69, 9.17) is 0 Å². The third-order valence-electron chi connectivity index (χ3n) is 3.41. The summed E-state index contributed by atoms with van der Waals surface area (Å²) in [6.45, 7) is 3.90. The largest absolute Gasteiger partial charge is 0.272 e. The van der Waals surface area contributed by atoms with Gasteiger partial charge in [0.05, 0.1) is 12.0 Å². The van der Waals surface area contributed by atoms with Crippen LogP contribution in [0.1, 0.15) is 46.0 Å². The second-order valence-corrected chi connectivity index (χ2v) is 4.44. The summed E-state index contributed by atoms with van der Waals surface area (Å²) in [5.74, 6) is 0.214. The summed E-state index contributed by atoms with van der Waals surface area (Å²) >= 11 is 0. The van der Waals surface area contributed by atoms with Crippen LogP contribution in [-0.4, -0.2) is 22.7 Å². The first kappa shape index (κ1) is 9.69. The summed E-state index contributed by atoms with van der Waals surface area (Å²) < 4.78 is 0. The smallest absolute Gasteiger partial charge is 0.251 e. The third-order valence-corrected chi connectivity index (χ3v) is 3.41. The summed E-state index contributed by atoms with van der Waals surface area (Å²) in [6.07, 6.45) is 6.08. The van der Waals surface area contributed by atoms with Gasteiger partial charge in [-0.3, -0.25) is 4.79 Å². The number of rotatable bonds is 1. The highest BCUT2D eigenvalue weighted by molar-refractivity contribution is 6.06. The molecule has 0 N–H and O–H groups in total. The van der Waals surface area contributed by atoms with Crippen LogP contribution in [0.5, 0.6) is 0 Å². The number of carbonyl (C=O) groups is 1. The molecule has 0 radical (unpaired) electrons. The van der Waals surface area contributed by atoms with Crippen LogP contribution in [-0.2, 0) is 4.79 Å². The van der Waals surface area contributed by atoms with Crippen molar-refractivity contribution < 1.29 is 4.79 Å². The fourth-order valence-electron chi connectivity index (χ4n) is 2.27. The molecule has 1 aliphatic heterocycles. The first-order valence-corrected chi connectivity index (χ1v) is 5.58. The zero-order valence-electron chi connectivity index (χ0n) is 8.99. The number of hydrogen-bond acceptors (Lipinski definition) is 2. The first-order chi connectivity index (χ1) is 6.70. The highest BCUT2D eigenvalue weighted by Crippen LogP contribution is 2.27. The predicted molar refractivity (Wildman–Crippen MR) is 56.0 cm³/mol. The van der Waals surface area contributed by atoms with Gasteiger partial charge in [0, 0.05) is 5.71 Å². The van der Waals surface area contributed by atoms with Gasteiger partial charge in [0.15, 0.2) is 0 Å². The lowest BCUT2D eigenvalue weighted by atomic mass is 9.94. The standard InChI is InChI=1S/C11H18N2O/c1-8-9(2)12-13(11(8)14)10-6-4-3-5-7-10/h8,10H,3-7H2,1-2H3. The van der Waals surface area contributed by atoms with Crippen molar-refractivity contribution in [3.8, 4) is 0 Å². The van der Waals surface area contributed by atoms with E-state index in [2.05, 4.69) is 5.10 Å². The fourth-order valence-corrected chi connectivity index (χ4v) is 2.27. The first-order valence-electron chi connectivity index (χ1n) is 5.58. The van der Waals surface area contributed by atoms with Crippen molar-refractivity contribution in [3.63, 3.8) is 0 Å². The molecular weight excluding hydrogens is 176 g/mol. The van der Waals surface area contributed by atoms with E-state index in [1.54, 1.807) is 5.01 Å². The topological polar surface area (TPSA) is 32.7 Å². The van der Waals surface area contributed by atoms with Gasteiger partial charge in [-0.1, -0.05) is 19.3 Å². The van der Waals surface area contributed by atoms with E-state index in [9.17, 15) is 4.79 Å². The van der Waals surface area contributed by atoms with Crippen molar-refractivity contribution in [2.75, 3.05) is 0 Å². The molecule has 14 heavy (non-hydrogen) atoms. The lowest BCUT2D eigenvalue weighted by Gasteiger charge is -2.28. The fraction of sp³-hybridized carbons (Fsp3) is 0.818. The maximum Gasteiger partial charge on any atom is 0.251 e. The summed E-state index contributed by atoms with van der Waals surface area (Å²) in [6, 6.07) is 0.385. The van der Waals surface area contributed by atoms with E-state index in [-0.39, 0.29) is 11.8 Å². The molecule has 0 aromatic heterocycles. The molecule has 0 bridgehead atoms. The quantitative estimate of drug-likeness (QED) is 0.629. The van der Waals surface area contributed by atoms with Crippen molar-refractivity contribution >= 4 is 11.6 Å². The van der Waals surface area contributed by atoms with Gasteiger partial charge in [-0.15, -0.1) is 0 Å². The van der Waals surface area contributed by atoms with Gasteiger partial charge in [0.2, 0.25) is 0 Å². The van der Waals surface area contributed by atoms with Crippen LogP contribution in [0.2, 0.25) is 0 Å². The minimum atomic E-state index is 0.0110. The van der Waals surface area contributed by atoms with E-state index in [0.29, 0.717) is 6.04 Å². The van der Waals surface area contributed by atoms with E-state index >= 15 is 0 Å². The molecular formula is C11H18N2O. The van der Waals surface area contributed by atoms with Crippen molar-refractivity contribution in [2.24, 2.45) is 11.0 Å². The van der Waals surface area contributed by atoms with Crippen molar-refractivity contribution in [1.82, 2.24) is 5.01 Å². The average Bonchev–Trinajstić information content (AvgIpc) is 2.47. The Hall–Kier alpha value is -0.860. The predicted octanol–water partition coefficient (Wildman–Crippen LogP) is 2.17. The Kier molecular flexibility index (Phi) is 2.57. The van der Waals surface area contributed by atoms with Gasteiger partial charge < -0.3 is 0 Å². The monoisotopic (exact) mass is 194 g/mol. The zero-order chi connectivity index (χ0) is 10.1. The minimum Gasteiger partial charge on any atom is -0.272 e. The third kappa shape index (κ3) is 1.56. The van der Waals surface area contributed by atoms with E-state index in [1.807, 2.05) is 13.8 Å². The Labute approximate surface area is 85.2 Å². The molecule has 1 fully saturated rings. The average molecular weight is 194 g/mol. The Balaban J connectivity index is 2.07. The lowest BCUT2D eigenvalue weighted by molar-refractivity contribution is -0.134. The molecule has 0 aromatic carbocycles. The molecule has 0 saturated heterocycles. The van der Waals surface area contributed by atoms with Gasteiger partial charge in [0.1, 0.15) is 0 Å². The molecule has 0 aromatic rings. The molecule has 1 heterocycles. The molecule has 1 atom stereocenters. The maximum atomic E-state index is 11.8. The van der Waals surface area contributed by atoms with E-state index in [0.717, 1.165) is 18.6 Å². The van der Waals surface area contributed by atoms with Crippen LogP contribution in [0, 0.1) is 5.92 Å². The molecule has 78 valence electrons. The SMILES string of the molecule is CC1=NN(C2CCCCC2)C(=O)C1C. The summed E-state index contributed by atoms with van der Waals surface area (Å²) in [5.41, 5.74) is 0.973. The minimum absolute atomic E-state index is 0.0110. The normalized spacial score (nSPS) is 29.6. The Morgan fingerprint density at radius 3 is 2.43 bits per heavy atom. The number of hydrogen-bond donors (Lipinski definition) is 0. The Bertz CT molecular complexity index is 266. The van der Waals surface area contributed by atoms with Gasteiger partial charge in [0.25, 0.3) is 5.91 Å². The molecule has 2 rings (SSSR count). The molecule has 2 aliphatic rings. The molecule has 0 spiro atoms. The second kappa shape index (κ2) is 3.71. The van der Waals surface area contributed by atoms with Gasteiger partial charge in [-0.2, -0.15) is 5.10 Å². The Morgan fingerprint density at radius 2 is 1.93 bits per heavy atom. The van der Waals surface area contributed by atoms with Crippen LogP contribution >= 0.6 is 0 Å².